The molecule has 0 bridgehead atoms. The van der Waals surface area contributed by atoms with Crippen molar-refractivity contribution in [3.05, 3.63) is 170 Å². The number of hydrogen-bond acceptors (Lipinski definition) is 10. The SMILES string of the molecule is Nc1ccc2c(cnn2Cc2ccc(Cl)nc2)c1.Nc1ccc2c(cnn2Cc2ccc(Cl)nc2)c1.O=[N+]([O-])c1ccc2c(cnn2Cc2ccc(Cl)nc2)c1. The van der Waals surface area contributed by atoms with Gasteiger partial charge in [0.15, 0.2) is 0 Å². The van der Waals surface area contributed by atoms with Gasteiger partial charge in [0.25, 0.3) is 5.69 Å². The van der Waals surface area contributed by atoms with Gasteiger partial charge in [0.05, 0.1) is 59.7 Å². The molecule has 0 aliphatic rings. The molecule has 0 radical (unpaired) electrons. The summed E-state index contributed by atoms with van der Waals surface area (Å²) in [6, 6.07) is 27.2. The standard InChI is InChI=1S/C13H9ClN4O2.2C13H11ClN4/c14-13-4-1-9(6-15-13)8-17-12-3-2-11(18(19)20)5-10(12)7-16-17;2*14-13-4-1-9(6-16-13)8-18-12-3-2-11(15)5-10(12)7-17-18/h1-7H,8H2;2*1-7H,8,15H2. The van der Waals surface area contributed by atoms with Gasteiger partial charge < -0.3 is 11.5 Å². The highest BCUT2D eigenvalue weighted by Gasteiger charge is 2.10. The largest absolute Gasteiger partial charge is 0.399 e. The second kappa shape index (κ2) is 16.8. The molecular weight excluding hydrogens is 775 g/mol. The molecule has 9 rings (SSSR count). The zero-order valence-electron chi connectivity index (χ0n) is 29.3. The van der Waals surface area contributed by atoms with Gasteiger partial charge in [-0.15, -0.1) is 0 Å². The zero-order chi connectivity index (χ0) is 39.2. The normalized spacial score (nSPS) is 10.9. The lowest BCUT2D eigenvalue weighted by atomic mass is 10.2. The number of benzene rings is 3. The van der Waals surface area contributed by atoms with Crippen molar-refractivity contribution in [3.63, 3.8) is 0 Å². The van der Waals surface area contributed by atoms with Crippen molar-refractivity contribution in [2.45, 2.75) is 19.6 Å². The Labute approximate surface area is 334 Å². The summed E-state index contributed by atoms with van der Waals surface area (Å²) in [4.78, 5) is 22.4. The molecule has 17 heteroatoms. The van der Waals surface area contributed by atoms with Gasteiger partial charge in [0, 0.05) is 58.3 Å². The molecule has 0 fully saturated rings. The number of halogens is 3. The molecule has 4 N–H and O–H groups in total. The first-order valence-corrected chi connectivity index (χ1v) is 18.0. The number of fused-ring (bicyclic) bond motifs is 3. The summed E-state index contributed by atoms with van der Waals surface area (Å²) in [7, 11) is 0. The summed E-state index contributed by atoms with van der Waals surface area (Å²) in [5, 5.41) is 27.9. The van der Waals surface area contributed by atoms with Crippen molar-refractivity contribution in [2.24, 2.45) is 0 Å². The van der Waals surface area contributed by atoms with E-state index in [1.54, 1.807) is 53.7 Å². The van der Waals surface area contributed by atoms with Crippen LogP contribution in [0.4, 0.5) is 17.1 Å². The average Bonchev–Trinajstić information content (AvgIpc) is 3.91. The number of nitrogen functional groups attached to an aromatic ring is 2. The third-order valence-electron chi connectivity index (χ3n) is 8.53. The first-order chi connectivity index (χ1) is 27.1. The van der Waals surface area contributed by atoms with E-state index in [4.69, 9.17) is 46.3 Å². The van der Waals surface area contributed by atoms with E-state index in [1.807, 2.05) is 76.4 Å². The number of pyridine rings is 3. The van der Waals surface area contributed by atoms with Crippen LogP contribution < -0.4 is 11.5 Å². The molecule has 0 spiro atoms. The van der Waals surface area contributed by atoms with Crippen LogP contribution in [0.2, 0.25) is 15.5 Å². The van der Waals surface area contributed by atoms with E-state index in [1.165, 1.54) is 12.1 Å². The summed E-state index contributed by atoms with van der Waals surface area (Å²) < 4.78 is 5.60. The first-order valence-electron chi connectivity index (χ1n) is 16.9. The summed E-state index contributed by atoms with van der Waals surface area (Å²) in [6.07, 6.45) is 10.4. The fourth-order valence-corrected chi connectivity index (χ4v) is 6.13. The van der Waals surface area contributed by atoms with E-state index >= 15 is 0 Å². The lowest BCUT2D eigenvalue weighted by Gasteiger charge is -2.04. The summed E-state index contributed by atoms with van der Waals surface area (Å²) in [6.45, 7) is 1.86. The maximum absolute atomic E-state index is 10.7. The van der Waals surface area contributed by atoms with Crippen molar-refractivity contribution < 1.29 is 4.92 Å². The second-order valence-corrected chi connectivity index (χ2v) is 13.7. The van der Waals surface area contributed by atoms with Crippen molar-refractivity contribution in [3.8, 4) is 0 Å². The van der Waals surface area contributed by atoms with Crippen LogP contribution in [0, 0.1) is 10.1 Å². The molecule has 0 saturated heterocycles. The molecule has 3 aromatic carbocycles. The van der Waals surface area contributed by atoms with E-state index in [-0.39, 0.29) is 5.69 Å². The summed E-state index contributed by atoms with van der Waals surface area (Å²) in [5.41, 5.74) is 19.1. The van der Waals surface area contributed by atoms with Crippen LogP contribution in [-0.2, 0) is 19.6 Å². The Balaban J connectivity index is 0.000000129. The minimum Gasteiger partial charge on any atom is -0.399 e. The van der Waals surface area contributed by atoms with Crippen LogP contribution in [0.25, 0.3) is 32.7 Å². The van der Waals surface area contributed by atoms with E-state index in [0.29, 0.717) is 35.1 Å². The quantitative estimate of drug-likeness (QED) is 0.0685. The lowest BCUT2D eigenvalue weighted by Crippen LogP contribution is -2.01. The molecule has 0 unspecified atom stereocenters. The smallest absolute Gasteiger partial charge is 0.270 e. The van der Waals surface area contributed by atoms with Crippen LogP contribution >= 0.6 is 34.8 Å². The van der Waals surface area contributed by atoms with Gasteiger partial charge in [0.1, 0.15) is 15.5 Å². The number of anilines is 2. The van der Waals surface area contributed by atoms with E-state index in [2.05, 4.69) is 30.2 Å². The fourth-order valence-electron chi connectivity index (χ4n) is 5.80. The van der Waals surface area contributed by atoms with E-state index in [0.717, 1.165) is 60.8 Å². The molecule has 9 aromatic rings. The topological polar surface area (TPSA) is 187 Å². The lowest BCUT2D eigenvalue weighted by molar-refractivity contribution is -0.384. The predicted octanol–water partition coefficient (Wildman–Crippen LogP) is 8.47. The molecule has 56 heavy (non-hydrogen) atoms. The van der Waals surface area contributed by atoms with Crippen molar-refractivity contribution in [1.82, 2.24) is 44.3 Å². The van der Waals surface area contributed by atoms with Crippen LogP contribution in [0.15, 0.2) is 128 Å². The molecule has 0 aliphatic carbocycles. The molecule has 280 valence electrons. The Morgan fingerprint density at radius 2 is 0.857 bits per heavy atom. The fraction of sp³-hybridized carbons (Fsp3) is 0.0769. The Bertz CT molecular complexity index is 2640. The van der Waals surface area contributed by atoms with Crippen LogP contribution in [0.5, 0.6) is 0 Å². The molecule has 0 aliphatic heterocycles. The molecule has 6 aromatic heterocycles. The maximum Gasteiger partial charge on any atom is 0.270 e. The third kappa shape index (κ3) is 9.18. The van der Waals surface area contributed by atoms with Crippen molar-refractivity contribution in [1.29, 1.82) is 0 Å². The van der Waals surface area contributed by atoms with Gasteiger partial charge in [-0.2, -0.15) is 15.3 Å². The highest BCUT2D eigenvalue weighted by Crippen LogP contribution is 2.22. The van der Waals surface area contributed by atoms with Crippen molar-refractivity contribution >= 4 is 84.6 Å². The first kappa shape index (κ1) is 37.7. The molecular formula is C39H31Cl3N12O2. The number of non-ortho nitro benzene ring substituents is 1. The number of nitrogens with zero attached hydrogens (tertiary/aromatic N) is 10. The van der Waals surface area contributed by atoms with E-state index in [9.17, 15) is 10.1 Å². The van der Waals surface area contributed by atoms with Crippen LogP contribution in [0.3, 0.4) is 0 Å². The monoisotopic (exact) mass is 804 g/mol. The minimum atomic E-state index is -0.417. The Morgan fingerprint density at radius 3 is 1.20 bits per heavy atom. The molecule has 6 heterocycles. The predicted molar refractivity (Wildman–Crippen MR) is 220 cm³/mol. The Kier molecular flexibility index (Phi) is 11.3. The van der Waals surface area contributed by atoms with Gasteiger partial charge in [-0.05, 0) is 77.4 Å². The van der Waals surface area contributed by atoms with Gasteiger partial charge in [-0.25, -0.2) is 15.0 Å². The summed E-state index contributed by atoms with van der Waals surface area (Å²) >= 11 is 17.3. The number of aromatic nitrogens is 9. The molecule has 0 amide bonds. The number of nitro benzene ring substituents is 1. The third-order valence-corrected chi connectivity index (χ3v) is 9.20. The van der Waals surface area contributed by atoms with Crippen LogP contribution in [-0.4, -0.2) is 49.2 Å². The van der Waals surface area contributed by atoms with Gasteiger partial charge in [-0.1, -0.05) is 53.0 Å². The molecule has 14 nitrogen and oxygen atoms in total. The number of hydrogen-bond donors (Lipinski definition) is 2. The molecule has 0 saturated carbocycles. The maximum atomic E-state index is 10.7. The van der Waals surface area contributed by atoms with E-state index < -0.39 is 4.92 Å². The second-order valence-electron chi connectivity index (χ2n) is 12.5. The Morgan fingerprint density at radius 1 is 0.500 bits per heavy atom. The van der Waals surface area contributed by atoms with Gasteiger partial charge >= 0.3 is 0 Å². The molecule has 0 atom stereocenters. The zero-order valence-corrected chi connectivity index (χ0v) is 31.6. The number of nitro groups is 1. The summed E-state index contributed by atoms with van der Waals surface area (Å²) in [5.74, 6) is 0. The number of nitrogens with two attached hydrogens (primary N) is 2. The van der Waals surface area contributed by atoms with Crippen molar-refractivity contribution in [2.75, 3.05) is 11.5 Å². The Hall–Kier alpha value is -6.61. The van der Waals surface area contributed by atoms with Crippen LogP contribution in [0.1, 0.15) is 16.7 Å². The van der Waals surface area contributed by atoms with Gasteiger partial charge in [-0.3, -0.25) is 24.2 Å². The number of rotatable bonds is 7. The average molecular weight is 806 g/mol. The minimum absolute atomic E-state index is 0.0604. The van der Waals surface area contributed by atoms with Gasteiger partial charge in [0.2, 0.25) is 0 Å². The highest BCUT2D eigenvalue weighted by molar-refractivity contribution is 6.29. The highest BCUT2D eigenvalue weighted by atomic mass is 35.5.